The van der Waals surface area contributed by atoms with Crippen molar-refractivity contribution in [2.24, 2.45) is 0 Å². The van der Waals surface area contributed by atoms with E-state index < -0.39 is 28.5 Å². The number of rotatable bonds is 9. The zero-order chi connectivity index (χ0) is 24.1. The summed E-state index contributed by atoms with van der Waals surface area (Å²) < 4.78 is 26.2. The molecule has 0 aromatic heterocycles. The molecular weight excluding hydrogens is 450 g/mol. The van der Waals surface area contributed by atoms with Gasteiger partial charge in [0.2, 0.25) is 21.8 Å². The molecular formula is C23H30ClN3O4S. The molecule has 0 aliphatic heterocycles. The van der Waals surface area contributed by atoms with Crippen LogP contribution in [0.4, 0.5) is 5.69 Å². The van der Waals surface area contributed by atoms with Gasteiger partial charge in [0.1, 0.15) is 12.6 Å². The molecule has 0 heterocycles. The van der Waals surface area contributed by atoms with Gasteiger partial charge in [-0.25, -0.2) is 8.42 Å². The fourth-order valence-corrected chi connectivity index (χ4v) is 4.54. The number of hydrogen-bond acceptors (Lipinski definition) is 4. The van der Waals surface area contributed by atoms with Gasteiger partial charge in [-0.3, -0.25) is 13.9 Å². The molecule has 0 saturated carbocycles. The third kappa shape index (κ3) is 6.71. The molecule has 1 N–H and O–H groups in total. The summed E-state index contributed by atoms with van der Waals surface area (Å²) in [5.74, 6) is -0.785. The van der Waals surface area contributed by atoms with E-state index in [0.29, 0.717) is 22.8 Å². The van der Waals surface area contributed by atoms with Crippen molar-refractivity contribution in [1.82, 2.24) is 10.2 Å². The second-order valence-corrected chi connectivity index (χ2v) is 10.1. The number of benzene rings is 2. The third-order valence-corrected chi connectivity index (χ3v) is 6.42. The maximum absolute atomic E-state index is 13.4. The van der Waals surface area contributed by atoms with E-state index in [2.05, 4.69) is 5.32 Å². The van der Waals surface area contributed by atoms with E-state index >= 15 is 0 Å². The Morgan fingerprint density at radius 3 is 2.38 bits per heavy atom. The Bertz CT molecular complexity index is 1090. The second-order valence-electron chi connectivity index (χ2n) is 7.78. The Kier molecular flexibility index (Phi) is 8.69. The highest BCUT2D eigenvalue weighted by atomic mass is 35.5. The molecule has 0 aliphatic rings. The molecule has 0 bridgehead atoms. The van der Waals surface area contributed by atoms with Crippen LogP contribution in [0.3, 0.4) is 0 Å². The lowest BCUT2D eigenvalue weighted by molar-refractivity contribution is -0.139. The SMILES string of the molecule is CCNC(=O)C(C)N(Cc1cccc(C)c1)C(=O)CN(c1ccc(Cl)cc1C)S(C)(=O)=O. The number of halogens is 1. The molecule has 32 heavy (non-hydrogen) atoms. The maximum atomic E-state index is 13.4. The first-order valence-electron chi connectivity index (χ1n) is 10.3. The molecule has 0 spiro atoms. The summed E-state index contributed by atoms with van der Waals surface area (Å²) in [5.41, 5.74) is 2.86. The van der Waals surface area contributed by atoms with Crippen LogP contribution in [0.1, 0.15) is 30.5 Å². The van der Waals surface area contributed by atoms with E-state index in [0.717, 1.165) is 21.7 Å². The summed E-state index contributed by atoms with van der Waals surface area (Å²) in [6, 6.07) is 11.6. The van der Waals surface area contributed by atoms with Gasteiger partial charge in [-0.2, -0.15) is 0 Å². The van der Waals surface area contributed by atoms with E-state index in [1.807, 2.05) is 31.2 Å². The topological polar surface area (TPSA) is 86.8 Å². The summed E-state index contributed by atoms with van der Waals surface area (Å²) in [6.07, 6.45) is 1.05. The molecule has 2 aromatic carbocycles. The first-order chi connectivity index (χ1) is 14.9. The minimum atomic E-state index is -3.78. The lowest BCUT2D eigenvalue weighted by Gasteiger charge is -2.32. The van der Waals surface area contributed by atoms with Crippen LogP contribution in [-0.4, -0.2) is 50.5 Å². The Morgan fingerprint density at radius 2 is 1.81 bits per heavy atom. The largest absolute Gasteiger partial charge is 0.355 e. The standard InChI is InChI=1S/C23H30ClN3O4S/c1-6-25-23(29)18(4)26(14-19-9-7-8-16(2)12-19)22(28)15-27(32(5,30)31)21-11-10-20(24)13-17(21)3/h7-13,18H,6,14-15H2,1-5H3,(H,25,29). The molecule has 2 aromatic rings. The lowest BCUT2D eigenvalue weighted by atomic mass is 10.1. The molecule has 2 amide bonds. The van der Waals surface area contributed by atoms with Crippen molar-refractivity contribution in [3.63, 3.8) is 0 Å². The number of aryl methyl sites for hydroxylation is 2. The summed E-state index contributed by atoms with van der Waals surface area (Å²) in [6.45, 7) is 7.27. The van der Waals surface area contributed by atoms with Gasteiger partial charge in [0.15, 0.2) is 0 Å². The minimum absolute atomic E-state index is 0.177. The number of sulfonamides is 1. The van der Waals surface area contributed by atoms with E-state index in [4.69, 9.17) is 11.6 Å². The monoisotopic (exact) mass is 479 g/mol. The summed E-state index contributed by atoms with van der Waals surface area (Å²) >= 11 is 6.01. The minimum Gasteiger partial charge on any atom is -0.355 e. The molecule has 1 unspecified atom stereocenters. The predicted octanol–water partition coefficient (Wildman–Crippen LogP) is 3.28. The Hall–Kier alpha value is -2.58. The number of carbonyl (C=O) groups excluding carboxylic acids is 2. The summed E-state index contributed by atoms with van der Waals surface area (Å²) in [5, 5.41) is 3.20. The van der Waals surface area contributed by atoms with Crippen LogP contribution in [0.2, 0.25) is 5.02 Å². The van der Waals surface area contributed by atoms with Gasteiger partial charge in [0, 0.05) is 18.1 Å². The van der Waals surface area contributed by atoms with Crippen molar-refractivity contribution in [1.29, 1.82) is 0 Å². The number of likely N-dealkylation sites (N-methyl/N-ethyl adjacent to an activating group) is 1. The van der Waals surface area contributed by atoms with Crippen molar-refractivity contribution in [3.05, 3.63) is 64.2 Å². The molecule has 2 rings (SSSR count). The molecule has 9 heteroatoms. The highest BCUT2D eigenvalue weighted by Gasteiger charge is 2.30. The van der Waals surface area contributed by atoms with Crippen molar-refractivity contribution < 1.29 is 18.0 Å². The normalized spacial score (nSPS) is 12.2. The Labute approximate surface area is 195 Å². The van der Waals surface area contributed by atoms with Gasteiger partial charge >= 0.3 is 0 Å². The fraction of sp³-hybridized carbons (Fsp3) is 0.391. The lowest BCUT2D eigenvalue weighted by Crippen LogP contribution is -2.51. The number of amides is 2. The Balaban J connectivity index is 2.42. The van der Waals surface area contributed by atoms with Crippen LogP contribution in [0, 0.1) is 13.8 Å². The van der Waals surface area contributed by atoms with Crippen LogP contribution < -0.4 is 9.62 Å². The van der Waals surface area contributed by atoms with Gasteiger partial charge in [0.05, 0.1) is 11.9 Å². The average molecular weight is 480 g/mol. The van der Waals surface area contributed by atoms with E-state index in [9.17, 15) is 18.0 Å². The highest BCUT2D eigenvalue weighted by molar-refractivity contribution is 7.92. The van der Waals surface area contributed by atoms with Crippen LogP contribution in [0.25, 0.3) is 0 Å². The van der Waals surface area contributed by atoms with Gasteiger partial charge in [-0.1, -0.05) is 41.4 Å². The van der Waals surface area contributed by atoms with Gasteiger partial charge in [-0.15, -0.1) is 0 Å². The van der Waals surface area contributed by atoms with E-state index in [1.165, 1.54) is 4.90 Å². The zero-order valence-electron chi connectivity index (χ0n) is 19.1. The highest BCUT2D eigenvalue weighted by Crippen LogP contribution is 2.26. The number of nitrogens with zero attached hydrogens (tertiary/aromatic N) is 2. The number of hydrogen-bond donors (Lipinski definition) is 1. The molecule has 0 radical (unpaired) electrons. The van der Waals surface area contributed by atoms with Gasteiger partial charge in [0.25, 0.3) is 0 Å². The molecule has 7 nitrogen and oxygen atoms in total. The quantitative estimate of drug-likeness (QED) is 0.598. The summed E-state index contributed by atoms with van der Waals surface area (Å²) in [7, 11) is -3.78. The van der Waals surface area contributed by atoms with Crippen LogP contribution >= 0.6 is 11.6 Å². The van der Waals surface area contributed by atoms with E-state index in [1.54, 1.807) is 39.0 Å². The number of carbonyl (C=O) groups is 2. The smallest absolute Gasteiger partial charge is 0.244 e. The molecule has 0 fully saturated rings. The third-order valence-electron chi connectivity index (χ3n) is 5.06. The predicted molar refractivity (Wildman–Crippen MR) is 128 cm³/mol. The first kappa shape index (κ1) is 25.7. The van der Waals surface area contributed by atoms with Crippen molar-refractivity contribution in [2.75, 3.05) is 23.7 Å². The van der Waals surface area contributed by atoms with Crippen LogP contribution in [0.15, 0.2) is 42.5 Å². The van der Waals surface area contributed by atoms with Gasteiger partial charge in [-0.05, 0) is 57.0 Å². The second kappa shape index (κ2) is 10.8. The first-order valence-corrected chi connectivity index (χ1v) is 12.5. The van der Waals surface area contributed by atoms with Gasteiger partial charge < -0.3 is 10.2 Å². The van der Waals surface area contributed by atoms with Crippen molar-refractivity contribution >= 4 is 39.1 Å². The van der Waals surface area contributed by atoms with Crippen LogP contribution in [0.5, 0.6) is 0 Å². The molecule has 1 atom stereocenters. The van der Waals surface area contributed by atoms with E-state index in [-0.39, 0.29) is 12.5 Å². The fourth-order valence-electron chi connectivity index (χ4n) is 3.41. The Morgan fingerprint density at radius 1 is 1.12 bits per heavy atom. The van der Waals surface area contributed by atoms with Crippen molar-refractivity contribution in [2.45, 2.75) is 40.3 Å². The molecule has 0 saturated heterocycles. The molecule has 174 valence electrons. The zero-order valence-corrected chi connectivity index (χ0v) is 20.6. The average Bonchev–Trinajstić information content (AvgIpc) is 2.69. The number of nitrogens with one attached hydrogen (secondary N) is 1. The molecule has 0 aliphatic carbocycles. The van der Waals surface area contributed by atoms with Crippen molar-refractivity contribution in [3.8, 4) is 0 Å². The van der Waals surface area contributed by atoms with Crippen LogP contribution in [-0.2, 0) is 26.2 Å². The summed E-state index contributed by atoms with van der Waals surface area (Å²) in [4.78, 5) is 27.3. The number of anilines is 1. The maximum Gasteiger partial charge on any atom is 0.244 e.